The Balaban J connectivity index is 4.02. The van der Waals surface area contributed by atoms with Gasteiger partial charge in [0.05, 0.1) is 6.10 Å². The first-order valence-corrected chi connectivity index (χ1v) is 9.95. The Morgan fingerprint density at radius 2 is 1.52 bits per heavy atom. The third-order valence-corrected chi connectivity index (χ3v) is 4.67. The minimum atomic E-state index is -2.13. The lowest BCUT2D eigenvalue weighted by Gasteiger charge is -2.21. The Hall–Kier alpha value is 0.0700. The number of rotatable bonds is 15. The zero-order valence-corrected chi connectivity index (χ0v) is 15.1. The lowest BCUT2D eigenvalue weighted by atomic mass is 9.91. The Labute approximate surface area is 134 Å². The number of unbranched alkanes of at least 4 members (excludes halogenated alkanes) is 6. The van der Waals surface area contributed by atoms with Gasteiger partial charge in [-0.1, -0.05) is 85.0 Å². The molecule has 4 heteroatoms. The summed E-state index contributed by atoms with van der Waals surface area (Å²) in [4.78, 5) is 0. The fourth-order valence-corrected chi connectivity index (χ4v) is 3.23. The van der Waals surface area contributed by atoms with Gasteiger partial charge >= 0.3 is 11.4 Å². The van der Waals surface area contributed by atoms with Gasteiger partial charge in [-0.3, -0.25) is 8.74 Å². The molecule has 0 fully saturated rings. The lowest BCUT2D eigenvalue weighted by molar-refractivity contribution is 0.152. The van der Waals surface area contributed by atoms with Gasteiger partial charge in [0, 0.05) is 0 Å². The molecule has 0 bridgehead atoms. The molecule has 3 unspecified atom stereocenters. The van der Waals surface area contributed by atoms with Crippen molar-refractivity contribution in [1.29, 1.82) is 0 Å². The van der Waals surface area contributed by atoms with Gasteiger partial charge in [-0.25, -0.2) is 0 Å². The van der Waals surface area contributed by atoms with Crippen LogP contribution in [0.4, 0.5) is 0 Å². The molecule has 128 valence electrons. The predicted molar refractivity (Wildman–Crippen MR) is 91.6 cm³/mol. The standard InChI is InChI=1S/C17H36O3S/c1-4-7-9-10-11-12-14-17(20-21(18)19)15-16(6-3)13-8-5-2/h16-17H,4-15H2,1-3H3,(H,18,19). The van der Waals surface area contributed by atoms with Crippen LogP contribution < -0.4 is 0 Å². The van der Waals surface area contributed by atoms with Crippen molar-refractivity contribution >= 4 is 11.4 Å². The molecule has 0 aliphatic carbocycles. The van der Waals surface area contributed by atoms with Gasteiger partial charge in [0.15, 0.2) is 0 Å². The van der Waals surface area contributed by atoms with E-state index in [0.717, 1.165) is 25.7 Å². The van der Waals surface area contributed by atoms with Crippen molar-refractivity contribution in [2.24, 2.45) is 5.92 Å². The molecule has 0 aliphatic heterocycles. The van der Waals surface area contributed by atoms with Crippen LogP contribution in [0.5, 0.6) is 0 Å². The van der Waals surface area contributed by atoms with Gasteiger partial charge in [-0.05, 0) is 18.8 Å². The molecule has 3 atom stereocenters. The molecule has 0 aromatic carbocycles. The van der Waals surface area contributed by atoms with E-state index in [1.54, 1.807) is 0 Å². The Bertz CT molecular complexity index is 246. The van der Waals surface area contributed by atoms with Crippen molar-refractivity contribution in [1.82, 2.24) is 0 Å². The fourth-order valence-electron chi connectivity index (χ4n) is 2.83. The normalized spacial score (nSPS) is 15.8. The molecule has 21 heavy (non-hydrogen) atoms. The molecule has 0 aromatic heterocycles. The zero-order chi connectivity index (χ0) is 15.9. The van der Waals surface area contributed by atoms with Gasteiger partial charge in [0.2, 0.25) is 0 Å². The summed E-state index contributed by atoms with van der Waals surface area (Å²) in [5, 5.41) is 0. The Morgan fingerprint density at radius 1 is 0.905 bits per heavy atom. The number of hydrogen-bond acceptors (Lipinski definition) is 2. The molecule has 1 N–H and O–H groups in total. The zero-order valence-electron chi connectivity index (χ0n) is 14.3. The summed E-state index contributed by atoms with van der Waals surface area (Å²) in [7, 11) is 0. The summed E-state index contributed by atoms with van der Waals surface area (Å²) in [5.41, 5.74) is 0. The molecule has 0 aliphatic rings. The van der Waals surface area contributed by atoms with Crippen LogP contribution in [-0.4, -0.2) is 14.9 Å². The molecule has 3 nitrogen and oxygen atoms in total. The Kier molecular flexibility index (Phi) is 15.0. The molecule has 0 aromatic rings. The van der Waals surface area contributed by atoms with Gasteiger partial charge in [0.1, 0.15) is 0 Å². The van der Waals surface area contributed by atoms with Crippen LogP contribution in [0.1, 0.15) is 97.8 Å². The van der Waals surface area contributed by atoms with Crippen molar-refractivity contribution < 1.29 is 12.9 Å². The monoisotopic (exact) mass is 320 g/mol. The largest absolute Gasteiger partial charge is 0.302 e. The van der Waals surface area contributed by atoms with Crippen LogP contribution in [0.2, 0.25) is 0 Å². The second-order valence-corrected chi connectivity index (χ2v) is 6.77. The van der Waals surface area contributed by atoms with E-state index in [4.69, 9.17) is 8.74 Å². The number of hydrogen-bond donors (Lipinski definition) is 1. The summed E-state index contributed by atoms with van der Waals surface area (Å²) in [6, 6.07) is 0. The molecule has 0 saturated heterocycles. The van der Waals surface area contributed by atoms with Crippen molar-refractivity contribution in [3.05, 3.63) is 0 Å². The van der Waals surface area contributed by atoms with E-state index in [1.165, 1.54) is 51.4 Å². The highest BCUT2D eigenvalue weighted by molar-refractivity contribution is 7.74. The summed E-state index contributed by atoms with van der Waals surface area (Å²) >= 11 is -2.13. The summed E-state index contributed by atoms with van der Waals surface area (Å²) in [5.74, 6) is 0.624. The summed E-state index contributed by atoms with van der Waals surface area (Å²) in [6.45, 7) is 6.64. The van der Waals surface area contributed by atoms with Crippen molar-refractivity contribution in [2.75, 3.05) is 0 Å². The van der Waals surface area contributed by atoms with Crippen LogP contribution in [0.25, 0.3) is 0 Å². The fraction of sp³-hybridized carbons (Fsp3) is 1.00. The SMILES string of the molecule is CCCCCCCCC(CC(CC)CCCC)OS(=O)O. The predicted octanol–water partition coefficient (Wildman–Crippen LogP) is 5.87. The Morgan fingerprint density at radius 3 is 2.10 bits per heavy atom. The van der Waals surface area contributed by atoms with E-state index in [0.29, 0.717) is 5.92 Å². The molecular weight excluding hydrogens is 284 g/mol. The van der Waals surface area contributed by atoms with Crippen LogP contribution in [0, 0.1) is 5.92 Å². The summed E-state index contributed by atoms with van der Waals surface area (Å²) in [6.07, 6.45) is 14.1. The molecular formula is C17H36O3S. The average Bonchev–Trinajstić information content (AvgIpc) is 2.46. The highest BCUT2D eigenvalue weighted by Crippen LogP contribution is 2.23. The molecule has 0 heterocycles. The van der Waals surface area contributed by atoms with Crippen molar-refractivity contribution in [2.45, 2.75) is 104 Å². The third kappa shape index (κ3) is 13.5. The smallest absolute Gasteiger partial charge is 0.284 e. The maximum atomic E-state index is 11.0. The molecule has 0 amide bonds. The molecule has 0 saturated carbocycles. The van der Waals surface area contributed by atoms with Gasteiger partial charge in [0.25, 0.3) is 0 Å². The van der Waals surface area contributed by atoms with Crippen LogP contribution >= 0.6 is 0 Å². The van der Waals surface area contributed by atoms with E-state index >= 15 is 0 Å². The van der Waals surface area contributed by atoms with Crippen molar-refractivity contribution in [3.8, 4) is 0 Å². The minimum absolute atomic E-state index is 0.0520. The second-order valence-electron chi connectivity index (χ2n) is 6.14. The van der Waals surface area contributed by atoms with E-state index in [1.807, 2.05) is 0 Å². The highest BCUT2D eigenvalue weighted by Gasteiger charge is 2.17. The third-order valence-electron chi connectivity index (χ3n) is 4.24. The van der Waals surface area contributed by atoms with Gasteiger partial charge < -0.3 is 0 Å². The molecule has 0 spiro atoms. The second kappa shape index (κ2) is 15.0. The maximum absolute atomic E-state index is 11.0. The van der Waals surface area contributed by atoms with E-state index in [9.17, 15) is 4.21 Å². The van der Waals surface area contributed by atoms with Crippen LogP contribution in [0.15, 0.2) is 0 Å². The maximum Gasteiger partial charge on any atom is 0.302 e. The highest BCUT2D eigenvalue weighted by atomic mass is 32.2. The first-order valence-electron chi connectivity index (χ1n) is 8.91. The van der Waals surface area contributed by atoms with E-state index < -0.39 is 11.4 Å². The summed E-state index contributed by atoms with van der Waals surface area (Å²) < 4.78 is 25.2. The van der Waals surface area contributed by atoms with Gasteiger partial charge in [-0.2, -0.15) is 4.21 Å². The topological polar surface area (TPSA) is 46.5 Å². The minimum Gasteiger partial charge on any atom is -0.284 e. The van der Waals surface area contributed by atoms with E-state index in [2.05, 4.69) is 20.8 Å². The lowest BCUT2D eigenvalue weighted by Crippen LogP contribution is -2.19. The van der Waals surface area contributed by atoms with Crippen molar-refractivity contribution in [3.63, 3.8) is 0 Å². The molecule has 0 rings (SSSR count). The first-order chi connectivity index (χ1) is 10.1. The first kappa shape index (κ1) is 21.1. The van der Waals surface area contributed by atoms with Gasteiger partial charge in [-0.15, -0.1) is 0 Å². The van der Waals surface area contributed by atoms with Crippen LogP contribution in [0.3, 0.4) is 0 Å². The average molecular weight is 321 g/mol. The molecule has 0 radical (unpaired) electrons. The quantitative estimate of drug-likeness (QED) is 0.303. The van der Waals surface area contributed by atoms with Crippen LogP contribution in [-0.2, 0) is 15.5 Å². The van der Waals surface area contributed by atoms with E-state index in [-0.39, 0.29) is 6.10 Å².